The highest BCUT2D eigenvalue weighted by atomic mass is 16.5. The first-order chi connectivity index (χ1) is 13.0. The average molecular weight is 363 g/mol. The number of hydrogen-bond donors (Lipinski definition) is 0. The normalized spacial score (nSPS) is 13.5. The van der Waals surface area contributed by atoms with Gasteiger partial charge in [0.05, 0.1) is 25.2 Å². The fourth-order valence-electron chi connectivity index (χ4n) is 3.58. The Bertz CT molecular complexity index is 1040. The molecule has 0 atom stereocenters. The molecule has 2 aromatic heterocycles. The predicted molar refractivity (Wildman–Crippen MR) is 101 cm³/mol. The minimum atomic E-state index is -0.279. The Kier molecular flexibility index (Phi) is 4.39. The van der Waals surface area contributed by atoms with Crippen LogP contribution in [0.2, 0.25) is 0 Å². The lowest BCUT2D eigenvalue weighted by Crippen LogP contribution is -2.34. The maximum Gasteiger partial charge on any atom is 0.310 e. The van der Waals surface area contributed by atoms with E-state index in [1.165, 1.54) is 18.2 Å². The van der Waals surface area contributed by atoms with E-state index in [0.717, 1.165) is 35.2 Å². The second-order valence-electron chi connectivity index (χ2n) is 6.84. The van der Waals surface area contributed by atoms with Crippen molar-refractivity contribution in [3.8, 4) is 11.1 Å². The Labute approximate surface area is 157 Å². The Hall–Kier alpha value is -3.15. The first-order valence-electron chi connectivity index (χ1n) is 8.96. The monoisotopic (exact) mass is 363 g/mol. The van der Waals surface area contributed by atoms with Gasteiger partial charge in [0.25, 0.3) is 0 Å². The van der Waals surface area contributed by atoms with Gasteiger partial charge in [0, 0.05) is 31.8 Å². The van der Waals surface area contributed by atoms with Crippen LogP contribution >= 0.6 is 0 Å². The molecule has 1 aromatic carbocycles. The summed E-state index contributed by atoms with van der Waals surface area (Å²) in [6, 6.07) is 10.5. The number of pyridine rings is 1. The fourth-order valence-corrected chi connectivity index (χ4v) is 3.58. The number of esters is 1. The van der Waals surface area contributed by atoms with Gasteiger partial charge in [-0.15, -0.1) is 0 Å². The van der Waals surface area contributed by atoms with Crippen molar-refractivity contribution in [1.29, 1.82) is 0 Å². The predicted octanol–water partition coefficient (Wildman–Crippen LogP) is 2.62. The Morgan fingerprint density at radius 1 is 1.15 bits per heavy atom. The summed E-state index contributed by atoms with van der Waals surface area (Å²) in [5.74, 6) is -0.159. The quantitative estimate of drug-likeness (QED) is 0.671. The van der Waals surface area contributed by atoms with Gasteiger partial charge >= 0.3 is 5.97 Å². The number of fused-ring (bicyclic) bond motifs is 2. The molecule has 138 valence electrons. The number of nitrogens with zero attached hydrogens (tertiary/aromatic N) is 3. The summed E-state index contributed by atoms with van der Waals surface area (Å²) in [5.41, 5.74) is 6.44. The number of methoxy groups -OCH3 is 1. The Morgan fingerprint density at radius 2 is 1.96 bits per heavy atom. The van der Waals surface area contributed by atoms with E-state index in [0.29, 0.717) is 6.54 Å². The maximum absolute atomic E-state index is 11.6. The smallest absolute Gasteiger partial charge is 0.310 e. The standard InChI is InChI=1S/C21H21N3O3/c1-14(25)23-7-5-16-9-15(3-4-18(16)13-23)17-6-8-24-20(10-17)19(12-22-24)11-21(26)27-2/h3-4,6,8-10,12H,5,7,11,13H2,1-2H3. The summed E-state index contributed by atoms with van der Waals surface area (Å²) in [5, 5.41) is 4.31. The van der Waals surface area contributed by atoms with E-state index >= 15 is 0 Å². The van der Waals surface area contributed by atoms with Crippen LogP contribution in [-0.2, 0) is 33.7 Å². The molecule has 1 amide bonds. The van der Waals surface area contributed by atoms with Crippen LogP contribution in [0.3, 0.4) is 0 Å². The molecule has 3 heterocycles. The molecule has 6 heteroatoms. The van der Waals surface area contributed by atoms with E-state index in [-0.39, 0.29) is 18.3 Å². The zero-order chi connectivity index (χ0) is 19.0. The van der Waals surface area contributed by atoms with Gasteiger partial charge in [-0.1, -0.05) is 18.2 Å². The van der Waals surface area contributed by atoms with Crippen molar-refractivity contribution in [2.75, 3.05) is 13.7 Å². The molecule has 0 aliphatic carbocycles. The first-order valence-corrected chi connectivity index (χ1v) is 8.96. The molecule has 1 aliphatic heterocycles. The van der Waals surface area contributed by atoms with Crippen LogP contribution in [0.5, 0.6) is 0 Å². The third-order valence-corrected chi connectivity index (χ3v) is 5.16. The molecule has 0 bridgehead atoms. The van der Waals surface area contributed by atoms with Crippen molar-refractivity contribution in [3.63, 3.8) is 0 Å². The zero-order valence-corrected chi connectivity index (χ0v) is 15.4. The molecule has 4 rings (SSSR count). The largest absolute Gasteiger partial charge is 0.469 e. The van der Waals surface area contributed by atoms with E-state index in [1.54, 1.807) is 17.6 Å². The van der Waals surface area contributed by atoms with Crippen molar-refractivity contribution in [3.05, 3.63) is 59.4 Å². The van der Waals surface area contributed by atoms with Gasteiger partial charge in [-0.05, 0) is 40.8 Å². The number of rotatable bonds is 3. The number of benzene rings is 1. The Balaban J connectivity index is 1.67. The molecule has 0 spiro atoms. The molecular formula is C21H21N3O3. The molecule has 0 fully saturated rings. The third kappa shape index (κ3) is 3.30. The molecule has 27 heavy (non-hydrogen) atoms. The molecule has 0 saturated carbocycles. The second kappa shape index (κ2) is 6.87. The van der Waals surface area contributed by atoms with E-state index < -0.39 is 0 Å². The van der Waals surface area contributed by atoms with Crippen molar-refractivity contribution >= 4 is 17.4 Å². The van der Waals surface area contributed by atoms with Gasteiger partial charge in [-0.25, -0.2) is 4.52 Å². The second-order valence-corrected chi connectivity index (χ2v) is 6.84. The van der Waals surface area contributed by atoms with Crippen LogP contribution in [0.4, 0.5) is 0 Å². The number of hydrogen-bond acceptors (Lipinski definition) is 4. The summed E-state index contributed by atoms with van der Waals surface area (Å²) in [7, 11) is 1.39. The average Bonchev–Trinajstić information content (AvgIpc) is 3.09. The van der Waals surface area contributed by atoms with Gasteiger partial charge in [-0.3, -0.25) is 9.59 Å². The number of aromatic nitrogens is 2. The molecule has 0 saturated heterocycles. The Morgan fingerprint density at radius 3 is 2.74 bits per heavy atom. The van der Waals surface area contributed by atoms with Crippen LogP contribution < -0.4 is 0 Å². The molecule has 0 radical (unpaired) electrons. The van der Waals surface area contributed by atoms with Gasteiger partial charge < -0.3 is 9.64 Å². The molecular weight excluding hydrogens is 342 g/mol. The summed E-state index contributed by atoms with van der Waals surface area (Å²) in [6.07, 6.45) is 4.68. The van der Waals surface area contributed by atoms with Crippen molar-refractivity contribution < 1.29 is 14.3 Å². The summed E-state index contributed by atoms with van der Waals surface area (Å²) in [6.45, 7) is 3.05. The van der Waals surface area contributed by atoms with Crippen LogP contribution in [0, 0.1) is 0 Å². The van der Waals surface area contributed by atoms with Crippen LogP contribution in [0.15, 0.2) is 42.7 Å². The van der Waals surface area contributed by atoms with Crippen molar-refractivity contribution in [1.82, 2.24) is 14.5 Å². The summed E-state index contributed by atoms with van der Waals surface area (Å²) < 4.78 is 6.54. The molecule has 0 unspecified atom stereocenters. The lowest BCUT2D eigenvalue weighted by molar-refractivity contribution is -0.139. The third-order valence-electron chi connectivity index (χ3n) is 5.16. The van der Waals surface area contributed by atoms with Crippen molar-refractivity contribution in [2.24, 2.45) is 0 Å². The number of amides is 1. The van der Waals surface area contributed by atoms with Gasteiger partial charge in [-0.2, -0.15) is 5.10 Å². The first kappa shape index (κ1) is 17.3. The molecule has 1 aliphatic rings. The highest BCUT2D eigenvalue weighted by molar-refractivity contribution is 5.78. The van der Waals surface area contributed by atoms with Crippen molar-refractivity contribution in [2.45, 2.75) is 26.3 Å². The van der Waals surface area contributed by atoms with Crippen LogP contribution in [0.25, 0.3) is 16.6 Å². The van der Waals surface area contributed by atoms with E-state index in [1.807, 2.05) is 17.2 Å². The van der Waals surface area contributed by atoms with E-state index in [2.05, 4.69) is 29.4 Å². The summed E-state index contributed by atoms with van der Waals surface area (Å²) in [4.78, 5) is 25.1. The minimum Gasteiger partial charge on any atom is -0.469 e. The van der Waals surface area contributed by atoms with Crippen LogP contribution in [-0.4, -0.2) is 40.0 Å². The summed E-state index contributed by atoms with van der Waals surface area (Å²) >= 11 is 0. The molecule has 6 nitrogen and oxygen atoms in total. The van der Waals surface area contributed by atoms with E-state index in [9.17, 15) is 9.59 Å². The highest BCUT2D eigenvalue weighted by Gasteiger charge is 2.18. The van der Waals surface area contributed by atoms with Gasteiger partial charge in [0.15, 0.2) is 0 Å². The number of ether oxygens (including phenoxy) is 1. The lowest BCUT2D eigenvalue weighted by Gasteiger charge is -2.28. The number of carbonyl (C=O) groups is 2. The van der Waals surface area contributed by atoms with Crippen LogP contribution in [0.1, 0.15) is 23.6 Å². The van der Waals surface area contributed by atoms with Gasteiger partial charge in [0.1, 0.15) is 0 Å². The van der Waals surface area contributed by atoms with E-state index in [4.69, 9.17) is 4.74 Å². The fraction of sp³-hybridized carbons (Fsp3) is 0.286. The SMILES string of the molecule is COC(=O)Cc1cnn2ccc(-c3ccc4c(c3)CCN(C(C)=O)C4)cc12. The molecule has 0 N–H and O–H groups in total. The number of carbonyl (C=O) groups excluding carboxylic acids is 2. The minimum absolute atomic E-state index is 0.119. The zero-order valence-electron chi connectivity index (χ0n) is 15.4. The lowest BCUT2D eigenvalue weighted by atomic mass is 9.94. The maximum atomic E-state index is 11.6. The topological polar surface area (TPSA) is 63.9 Å². The highest BCUT2D eigenvalue weighted by Crippen LogP contribution is 2.28. The molecule has 3 aromatic rings. The van der Waals surface area contributed by atoms with Gasteiger partial charge in [0.2, 0.25) is 5.91 Å².